The van der Waals surface area contributed by atoms with Crippen molar-refractivity contribution >= 4 is 34.8 Å². The predicted octanol–water partition coefficient (Wildman–Crippen LogP) is 4.11. The summed E-state index contributed by atoms with van der Waals surface area (Å²) in [6.07, 6.45) is -0.983. The van der Waals surface area contributed by atoms with Gasteiger partial charge in [-0.25, -0.2) is 9.96 Å². The van der Waals surface area contributed by atoms with Crippen molar-refractivity contribution in [1.29, 1.82) is 0 Å². The van der Waals surface area contributed by atoms with E-state index in [2.05, 4.69) is 0 Å². The number of phenolic OH excluding ortho intramolecular Hbond substituents is 1. The number of imide groups is 1. The molecule has 3 aromatic carbocycles. The third-order valence-electron chi connectivity index (χ3n) is 5.76. The number of aromatic hydroxyl groups is 1. The van der Waals surface area contributed by atoms with E-state index < -0.39 is 24.0 Å². The average Bonchev–Trinajstić information content (AvgIpc) is 3.32. The normalized spacial score (nSPS) is 22.4. The lowest BCUT2D eigenvalue weighted by molar-refractivity contribution is -0.126. The van der Waals surface area contributed by atoms with E-state index in [1.54, 1.807) is 41.5 Å². The minimum Gasteiger partial charge on any atom is -0.504 e. The molecule has 0 bridgehead atoms. The summed E-state index contributed by atoms with van der Waals surface area (Å²) in [5.41, 5.74) is 1.82. The van der Waals surface area contributed by atoms with Gasteiger partial charge in [0.1, 0.15) is 5.92 Å². The van der Waals surface area contributed by atoms with E-state index in [0.29, 0.717) is 22.0 Å². The van der Waals surface area contributed by atoms with Gasteiger partial charge in [0.25, 0.3) is 5.91 Å². The second-order valence-electron chi connectivity index (χ2n) is 7.58. The molecule has 0 aliphatic carbocycles. The molecular formula is C24H19ClN2O5. The Labute approximate surface area is 189 Å². The van der Waals surface area contributed by atoms with Crippen molar-refractivity contribution < 1.29 is 24.3 Å². The first-order valence-electron chi connectivity index (χ1n) is 10.0. The molecule has 32 heavy (non-hydrogen) atoms. The van der Waals surface area contributed by atoms with Crippen molar-refractivity contribution in [3.05, 3.63) is 83.4 Å². The quantitative estimate of drug-likeness (QED) is 0.603. The zero-order valence-electron chi connectivity index (χ0n) is 17.0. The first-order chi connectivity index (χ1) is 15.5. The Bertz CT molecular complexity index is 1180. The van der Waals surface area contributed by atoms with Crippen molar-refractivity contribution in [2.45, 2.75) is 12.1 Å². The standard InChI is InChI=1S/C24H19ClN2O5/c1-31-19-13-14(7-12-18(19)28)21-20-22(32-27(21)17-5-3-2-4-6-17)24(30)26(23(20)29)16-10-8-15(25)9-11-16/h2-13,20-22,28H,1H3/t20-,21-,22+/m0/s1. The fourth-order valence-electron chi connectivity index (χ4n) is 4.28. The summed E-state index contributed by atoms with van der Waals surface area (Å²) in [6, 6.07) is 20.0. The molecular weight excluding hydrogens is 432 g/mol. The number of hydrogen-bond acceptors (Lipinski definition) is 6. The summed E-state index contributed by atoms with van der Waals surface area (Å²) in [5, 5.41) is 12.1. The summed E-state index contributed by atoms with van der Waals surface area (Å²) in [6.45, 7) is 0. The van der Waals surface area contributed by atoms with Gasteiger partial charge in [-0.15, -0.1) is 0 Å². The molecule has 3 aromatic rings. The maximum atomic E-state index is 13.5. The van der Waals surface area contributed by atoms with Crippen molar-refractivity contribution in [2.75, 3.05) is 17.1 Å². The van der Waals surface area contributed by atoms with E-state index in [9.17, 15) is 14.7 Å². The molecule has 2 amide bonds. The fourth-order valence-corrected chi connectivity index (χ4v) is 4.40. The van der Waals surface area contributed by atoms with Crippen molar-refractivity contribution in [3.8, 4) is 11.5 Å². The smallest absolute Gasteiger partial charge is 0.266 e. The number of phenols is 1. The van der Waals surface area contributed by atoms with E-state index in [1.165, 1.54) is 13.2 Å². The van der Waals surface area contributed by atoms with Crippen LogP contribution >= 0.6 is 11.6 Å². The summed E-state index contributed by atoms with van der Waals surface area (Å²) in [4.78, 5) is 34.1. The third kappa shape index (κ3) is 3.18. The van der Waals surface area contributed by atoms with E-state index in [0.717, 1.165) is 4.90 Å². The van der Waals surface area contributed by atoms with Gasteiger partial charge >= 0.3 is 0 Å². The average molecular weight is 451 g/mol. The molecule has 5 rings (SSSR count). The molecule has 2 fully saturated rings. The van der Waals surface area contributed by atoms with Crippen LogP contribution in [-0.2, 0) is 14.4 Å². The molecule has 7 nitrogen and oxygen atoms in total. The first kappa shape index (κ1) is 20.4. The van der Waals surface area contributed by atoms with Crippen LogP contribution < -0.4 is 14.7 Å². The lowest BCUT2D eigenvalue weighted by Crippen LogP contribution is -2.37. The zero-order chi connectivity index (χ0) is 22.4. The molecule has 2 aliphatic heterocycles. The van der Waals surface area contributed by atoms with Gasteiger partial charge in [-0.2, -0.15) is 0 Å². The van der Waals surface area contributed by atoms with Gasteiger partial charge in [-0.05, 0) is 54.1 Å². The Balaban J connectivity index is 1.60. The van der Waals surface area contributed by atoms with E-state index in [1.807, 2.05) is 30.3 Å². The molecule has 0 spiro atoms. The van der Waals surface area contributed by atoms with Crippen LogP contribution in [0, 0.1) is 5.92 Å². The minimum atomic E-state index is -0.983. The SMILES string of the molecule is COc1cc([C@H]2[C@@H]3C(=O)N(c4ccc(Cl)cc4)C(=O)[C@@H]3ON2c2ccccc2)ccc1O. The Kier molecular flexibility index (Phi) is 5.00. The van der Waals surface area contributed by atoms with E-state index in [-0.39, 0.29) is 17.4 Å². The number of benzene rings is 3. The lowest BCUT2D eigenvalue weighted by atomic mass is 9.90. The van der Waals surface area contributed by atoms with Crippen LogP contribution in [0.2, 0.25) is 5.02 Å². The summed E-state index contributed by atoms with van der Waals surface area (Å²) in [7, 11) is 1.45. The number of carbonyl (C=O) groups is 2. The number of anilines is 2. The molecule has 2 aliphatic rings. The highest BCUT2D eigenvalue weighted by Crippen LogP contribution is 2.48. The number of methoxy groups -OCH3 is 1. The lowest BCUT2D eigenvalue weighted by Gasteiger charge is -2.29. The monoisotopic (exact) mass is 450 g/mol. The molecule has 0 radical (unpaired) electrons. The Morgan fingerprint density at radius 2 is 1.66 bits per heavy atom. The Hall–Kier alpha value is -3.55. The second kappa shape index (κ2) is 7.85. The van der Waals surface area contributed by atoms with E-state index in [4.69, 9.17) is 21.2 Å². The van der Waals surface area contributed by atoms with E-state index >= 15 is 0 Å². The number of nitrogens with zero attached hydrogens (tertiary/aromatic N) is 2. The number of halogens is 1. The third-order valence-corrected chi connectivity index (χ3v) is 6.01. The van der Waals surface area contributed by atoms with Crippen molar-refractivity contribution in [3.63, 3.8) is 0 Å². The fraction of sp³-hybridized carbons (Fsp3) is 0.167. The van der Waals surface area contributed by atoms with Crippen LogP contribution in [0.3, 0.4) is 0 Å². The minimum absolute atomic E-state index is 0.0189. The number of carbonyl (C=O) groups excluding carboxylic acids is 2. The number of rotatable bonds is 4. The molecule has 2 heterocycles. The Morgan fingerprint density at radius 3 is 2.34 bits per heavy atom. The number of fused-ring (bicyclic) bond motifs is 1. The van der Waals surface area contributed by atoms with Crippen molar-refractivity contribution in [2.24, 2.45) is 5.92 Å². The van der Waals surface area contributed by atoms with Gasteiger partial charge < -0.3 is 9.84 Å². The second-order valence-corrected chi connectivity index (χ2v) is 8.01. The van der Waals surface area contributed by atoms with Gasteiger partial charge in [-0.3, -0.25) is 14.4 Å². The van der Waals surface area contributed by atoms with Gasteiger partial charge in [0.15, 0.2) is 17.6 Å². The summed E-state index contributed by atoms with van der Waals surface area (Å²) < 4.78 is 5.26. The molecule has 3 atom stereocenters. The first-order valence-corrected chi connectivity index (χ1v) is 10.4. The predicted molar refractivity (Wildman–Crippen MR) is 119 cm³/mol. The van der Waals surface area contributed by atoms with Crippen LogP contribution in [0.1, 0.15) is 11.6 Å². The number of hydrogen-bond donors (Lipinski definition) is 1. The van der Waals surface area contributed by atoms with Crippen LogP contribution in [0.25, 0.3) is 0 Å². The maximum Gasteiger partial charge on any atom is 0.266 e. The summed E-state index contributed by atoms with van der Waals surface area (Å²) >= 11 is 5.97. The number of para-hydroxylation sites is 1. The van der Waals surface area contributed by atoms with Gasteiger partial charge in [0, 0.05) is 5.02 Å². The molecule has 162 valence electrons. The van der Waals surface area contributed by atoms with Crippen LogP contribution in [0.5, 0.6) is 11.5 Å². The molecule has 1 N–H and O–H groups in total. The summed E-state index contributed by atoms with van der Waals surface area (Å²) in [5.74, 6) is -1.33. The highest BCUT2D eigenvalue weighted by atomic mass is 35.5. The number of ether oxygens (including phenoxy) is 1. The largest absolute Gasteiger partial charge is 0.504 e. The van der Waals surface area contributed by atoms with Crippen molar-refractivity contribution in [1.82, 2.24) is 0 Å². The van der Waals surface area contributed by atoms with Gasteiger partial charge in [-0.1, -0.05) is 35.9 Å². The molecule has 2 saturated heterocycles. The van der Waals surface area contributed by atoms with Crippen LogP contribution in [0.15, 0.2) is 72.8 Å². The van der Waals surface area contributed by atoms with Crippen LogP contribution in [-0.4, -0.2) is 30.1 Å². The molecule has 0 unspecified atom stereocenters. The maximum absolute atomic E-state index is 13.5. The number of amides is 2. The topological polar surface area (TPSA) is 79.3 Å². The van der Waals surface area contributed by atoms with Crippen LogP contribution in [0.4, 0.5) is 11.4 Å². The van der Waals surface area contributed by atoms with Gasteiger partial charge in [0.05, 0.1) is 24.5 Å². The highest BCUT2D eigenvalue weighted by Gasteiger charge is 2.60. The molecule has 0 aromatic heterocycles. The zero-order valence-corrected chi connectivity index (χ0v) is 17.8. The number of hydroxylamine groups is 1. The molecule has 8 heteroatoms. The molecule has 0 saturated carbocycles. The Morgan fingerprint density at radius 1 is 0.938 bits per heavy atom. The van der Waals surface area contributed by atoms with Gasteiger partial charge in [0.2, 0.25) is 5.91 Å². The highest BCUT2D eigenvalue weighted by molar-refractivity contribution is 6.31.